The third-order valence-corrected chi connectivity index (χ3v) is 7.54. The van der Waals surface area contributed by atoms with E-state index in [0.717, 1.165) is 12.0 Å². The van der Waals surface area contributed by atoms with E-state index < -0.39 is 11.2 Å². The zero-order valence-corrected chi connectivity index (χ0v) is 20.2. The fraction of sp³-hybridized carbons (Fsp3) is 0.440. The minimum absolute atomic E-state index is 0.0275. The molecule has 0 bridgehead atoms. The summed E-state index contributed by atoms with van der Waals surface area (Å²) >= 11 is 6.21. The summed E-state index contributed by atoms with van der Waals surface area (Å²) in [5, 5.41) is 7.63. The lowest BCUT2D eigenvalue weighted by atomic mass is 9.71. The van der Waals surface area contributed by atoms with E-state index in [1.54, 1.807) is 28.8 Å². The predicted molar refractivity (Wildman–Crippen MR) is 129 cm³/mol. The fourth-order valence-corrected chi connectivity index (χ4v) is 5.48. The maximum atomic E-state index is 13.4. The summed E-state index contributed by atoms with van der Waals surface area (Å²) in [6.07, 6.45) is 9.34. The average Bonchev–Trinajstić information content (AvgIpc) is 3.41. The number of hydrogen-bond donors (Lipinski definition) is 1. The molecule has 2 amide bonds. The van der Waals surface area contributed by atoms with Gasteiger partial charge in [-0.3, -0.25) is 9.59 Å². The van der Waals surface area contributed by atoms with E-state index >= 15 is 0 Å². The smallest absolute Gasteiger partial charge is 0.256 e. The van der Waals surface area contributed by atoms with Crippen molar-refractivity contribution in [1.82, 2.24) is 19.9 Å². The Kier molecular flexibility index (Phi) is 6.46. The Labute approximate surface area is 207 Å². The largest absolute Gasteiger partial charge is 0.384 e. The minimum Gasteiger partial charge on any atom is -0.384 e. The highest BCUT2D eigenvalue weighted by Crippen LogP contribution is 2.47. The second-order valence-corrected chi connectivity index (χ2v) is 9.77. The Morgan fingerprint density at radius 1 is 1.29 bits per heavy atom. The molecule has 1 N–H and O–H groups in total. The average molecular weight is 500 g/mol. The summed E-state index contributed by atoms with van der Waals surface area (Å²) in [7, 11) is 1.65. The minimum atomic E-state index is -0.455. The fourth-order valence-electron chi connectivity index (χ4n) is 5.21. The van der Waals surface area contributed by atoms with Crippen molar-refractivity contribution in [2.45, 2.75) is 44.6 Å². The number of aromatic nitrogens is 3. The number of nitrogens with zero attached hydrogens (tertiary/aromatic N) is 4. The molecule has 8 nitrogen and oxygen atoms in total. The Hall–Kier alpha value is -3.04. The molecule has 1 aliphatic heterocycles. The summed E-state index contributed by atoms with van der Waals surface area (Å²) in [4.78, 5) is 32.4. The summed E-state index contributed by atoms with van der Waals surface area (Å²) in [5.41, 5.74) is 2.01. The van der Waals surface area contributed by atoms with Gasteiger partial charge in [0.25, 0.3) is 5.91 Å². The molecule has 3 heterocycles. The van der Waals surface area contributed by atoms with Crippen molar-refractivity contribution in [3.63, 3.8) is 0 Å². The van der Waals surface area contributed by atoms with Crippen LogP contribution in [0.4, 0.5) is 10.1 Å². The first kappa shape index (κ1) is 23.7. The van der Waals surface area contributed by atoms with Gasteiger partial charge < -0.3 is 15.0 Å². The van der Waals surface area contributed by atoms with E-state index in [2.05, 4.69) is 15.4 Å². The Morgan fingerprint density at radius 3 is 2.83 bits per heavy atom. The SMILES string of the molecule is COCCc1cnc2c(C(=O)NC3CCC4(CC3)CCN(c3ccc(F)cc3Cl)C4=O)cnn2c1. The Bertz CT molecular complexity index is 1270. The number of fused-ring (bicyclic) bond motifs is 1. The second-order valence-electron chi connectivity index (χ2n) is 9.36. The molecule has 0 unspecified atom stereocenters. The van der Waals surface area contributed by atoms with Crippen molar-refractivity contribution in [2.75, 3.05) is 25.2 Å². The van der Waals surface area contributed by atoms with Gasteiger partial charge in [-0.1, -0.05) is 11.6 Å². The van der Waals surface area contributed by atoms with Crippen LogP contribution in [0.15, 0.2) is 36.8 Å². The lowest BCUT2D eigenvalue weighted by Gasteiger charge is -2.36. The second kappa shape index (κ2) is 9.54. The molecule has 3 aromatic rings. The zero-order chi connectivity index (χ0) is 24.6. The molecule has 1 saturated carbocycles. The number of nitrogens with one attached hydrogen (secondary N) is 1. The van der Waals surface area contributed by atoms with E-state index in [-0.39, 0.29) is 22.9 Å². The van der Waals surface area contributed by atoms with Crippen molar-refractivity contribution < 1.29 is 18.7 Å². The number of anilines is 1. The van der Waals surface area contributed by atoms with Crippen molar-refractivity contribution >= 4 is 34.7 Å². The maximum absolute atomic E-state index is 13.4. The van der Waals surface area contributed by atoms with Gasteiger partial charge in [-0.15, -0.1) is 0 Å². The first-order valence-electron chi connectivity index (χ1n) is 11.8. The third kappa shape index (κ3) is 4.50. The Morgan fingerprint density at radius 2 is 2.09 bits per heavy atom. The topological polar surface area (TPSA) is 88.8 Å². The first-order chi connectivity index (χ1) is 16.9. The van der Waals surface area contributed by atoms with Gasteiger partial charge in [0.05, 0.1) is 28.9 Å². The highest BCUT2D eigenvalue weighted by atomic mass is 35.5. The van der Waals surface area contributed by atoms with Crippen molar-refractivity contribution in [2.24, 2.45) is 5.41 Å². The third-order valence-electron chi connectivity index (χ3n) is 7.24. The quantitative estimate of drug-likeness (QED) is 0.557. The summed E-state index contributed by atoms with van der Waals surface area (Å²) < 4.78 is 20.2. The highest BCUT2D eigenvalue weighted by Gasteiger charge is 2.49. The van der Waals surface area contributed by atoms with Crippen LogP contribution in [-0.2, 0) is 16.0 Å². The highest BCUT2D eigenvalue weighted by molar-refractivity contribution is 6.34. The van der Waals surface area contributed by atoms with E-state index in [4.69, 9.17) is 16.3 Å². The molecule has 1 saturated heterocycles. The van der Waals surface area contributed by atoms with Crippen molar-refractivity contribution in [1.29, 1.82) is 0 Å². The van der Waals surface area contributed by atoms with Gasteiger partial charge in [0.1, 0.15) is 11.4 Å². The van der Waals surface area contributed by atoms with Crippen LogP contribution in [0.25, 0.3) is 5.65 Å². The monoisotopic (exact) mass is 499 g/mol. The number of ether oxygens (including phenoxy) is 1. The lowest BCUT2D eigenvalue weighted by molar-refractivity contribution is -0.127. The van der Waals surface area contributed by atoms with Gasteiger partial charge in [0.15, 0.2) is 5.65 Å². The summed E-state index contributed by atoms with van der Waals surface area (Å²) in [5.74, 6) is -0.605. The molecule has 35 heavy (non-hydrogen) atoms. The van der Waals surface area contributed by atoms with E-state index in [1.807, 2.05) is 6.20 Å². The molecular weight excluding hydrogens is 473 g/mol. The molecule has 0 atom stereocenters. The summed E-state index contributed by atoms with van der Waals surface area (Å²) in [6, 6.07) is 4.09. The van der Waals surface area contributed by atoms with Crippen LogP contribution in [0.2, 0.25) is 5.02 Å². The number of carbonyl (C=O) groups is 2. The van der Waals surface area contributed by atoms with Gasteiger partial charge in [0, 0.05) is 32.1 Å². The molecule has 1 spiro atoms. The van der Waals surface area contributed by atoms with Crippen LogP contribution in [0.5, 0.6) is 0 Å². The number of rotatable bonds is 6. The van der Waals surface area contributed by atoms with Crippen LogP contribution in [0, 0.1) is 11.2 Å². The van der Waals surface area contributed by atoms with Crippen LogP contribution in [0.1, 0.15) is 48.0 Å². The number of hydrogen-bond acceptors (Lipinski definition) is 5. The van der Waals surface area contributed by atoms with E-state index in [0.29, 0.717) is 62.2 Å². The molecule has 1 aromatic carbocycles. The van der Waals surface area contributed by atoms with Gasteiger partial charge in [-0.05, 0) is 62.3 Å². The maximum Gasteiger partial charge on any atom is 0.256 e. The molecule has 2 aliphatic rings. The number of methoxy groups -OCH3 is 1. The first-order valence-corrected chi connectivity index (χ1v) is 12.2. The zero-order valence-electron chi connectivity index (χ0n) is 19.5. The van der Waals surface area contributed by atoms with Crippen molar-refractivity contribution in [3.05, 3.63) is 58.8 Å². The van der Waals surface area contributed by atoms with Gasteiger partial charge in [-0.25, -0.2) is 13.9 Å². The Balaban J connectivity index is 1.22. The molecule has 10 heteroatoms. The number of benzene rings is 1. The van der Waals surface area contributed by atoms with Crippen molar-refractivity contribution in [3.8, 4) is 0 Å². The molecule has 2 fully saturated rings. The van der Waals surface area contributed by atoms with Crippen LogP contribution in [-0.4, -0.2) is 52.7 Å². The molecule has 184 valence electrons. The standard InChI is InChI=1S/C25H27ClFN5O3/c1-35-11-6-16-13-28-22-19(14-29-32(22)15-16)23(33)30-18-4-7-25(8-5-18)9-10-31(24(25)34)21-3-2-17(27)12-20(21)26/h2-3,12-15,18H,4-11H2,1H3,(H,30,33). The van der Waals surface area contributed by atoms with E-state index in [1.165, 1.54) is 18.3 Å². The number of amides is 2. The predicted octanol–water partition coefficient (Wildman–Crippen LogP) is 3.81. The lowest BCUT2D eigenvalue weighted by Crippen LogP contribution is -2.43. The number of halogens is 2. The van der Waals surface area contributed by atoms with Crippen LogP contribution in [0.3, 0.4) is 0 Å². The molecular formula is C25H27ClFN5O3. The van der Waals surface area contributed by atoms with Gasteiger partial charge in [-0.2, -0.15) is 5.10 Å². The van der Waals surface area contributed by atoms with Gasteiger partial charge >= 0.3 is 0 Å². The summed E-state index contributed by atoms with van der Waals surface area (Å²) in [6.45, 7) is 1.14. The number of carbonyl (C=O) groups excluding carboxylic acids is 2. The van der Waals surface area contributed by atoms with E-state index in [9.17, 15) is 14.0 Å². The molecule has 5 rings (SSSR count). The molecule has 1 aliphatic carbocycles. The van der Waals surface area contributed by atoms with Gasteiger partial charge in [0.2, 0.25) is 5.91 Å². The molecule has 0 radical (unpaired) electrons. The molecule has 2 aromatic heterocycles. The van der Waals surface area contributed by atoms with Crippen LogP contribution < -0.4 is 10.2 Å². The normalized spacial score (nSPS) is 22.3. The van der Waals surface area contributed by atoms with Crippen LogP contribution >= 0.6 is 11.6 Å².